The second-order valence-corrected chi connectivity index (χ2v) is 4.11. The largest absolute Gasteiger partial charge is 0.485 e. The standard InChI is InChI=1S/C14H16N2O2/c1-10-4-3-5-12(15-10)9-18-14-7-6-11(2)16-13(14)8-17/h3-7,17H,8-9H2,1-2H3. The number of aliphatic hydroxyl groups excluding tert-OH is 1. The lowest BCUT2D eigenvalue weighted by Crippen LogP contribution is -2.03. The Morgan fingerprint density at radius 1 is 1.06 bits per heavy atom. The molecule has 0 amide bonds. The number of nitrogens with zero attached hydrogens (tertiary/aromatic N) is 2. The molecule has 0 aromatic carbocycles. The second-order valence-electron chi connectivity index (χ2n) is 4.11. The monoisotopic (exact) mass is 244 g/mol. The van der Waals surface area contributed by atoms with Crippen molar-refractivity contribution in [3.63, 3.8) is 0 Å². The van der Waals surface area contributed by atoms with Crippen molar-refractivity contribution in [2.45, 2.75) is 27.1 Å². The van der Waals surface area contributed by atoms with E-state index in [4.69, 9.17) is 4.74 Å². The fourth-order valence-corrected chi connectivity index (χ4v) is 1.67. The summed E-state index contributed by atoms with van der Waals surface area (Å²) >= 11 is 0. The highest BCUT2D eigenvalue weighted by Crippen LogP contribution is 2.18. The van der Waals surface area contributed by atoms with Gasteiger partial charge in [-0.25, -0.2) is 0 Å². The van der Waals surface area contributed by atoms with Gasteiger partial charge in [-0.3, -0.25) is 9.97 Å². The van der Waals surface area contributed by atoms with Crippen LogP contribution in [0.15, 0.2) is 30.3 Å². The third kappa shape index (κ3) is 3.05. The molecule has 18 heavy (non-hydrogen) atoms. The van der Waals surface area contributed by atoms with Crippen LogP contribution in [0.2, 0.25) is 0 Å². The van der Waals surface area contributed by atoms with E-state index in [1.165, 1.54) is 0 Å². The Hall–Kier alpha value is -1.94. The van der Waals surface area contributed by atoms with Gasteiger partial charge in [0, 0.05) is 11.4 Å². The predicted octanol–water partition coefficient (Wildman–Crippen LogP) is 2.16. The van der Waals surface area contributed by atoms with E-state index in [0.717, 1.165) is 17.1 Å². The zero-order chi connectivity index (χ0) is 13.0. The molecule has 2 heterocycles. The summed E-state index contributed by atoms with van der Waals surface area (Å²) < 4.78 is 5.64. The molecular weight excluding hydrogens is 228 g/mol. The molecule has 94 valence electrons. The molecule has 0 aliphatic rings. The molecule has 0 radical (unpaired) electrons. The molecular formula is C14H16N2O2. The topological polar surface area (TPSA) is 55.2 Å². The van der Waals surface area contributed by atoms with E-state index >= 15 is 0 Å². The van der Waals surface area contributed by atoms with Crippen LogP contribution < -0.4 is 4.74 Å². The normalized spacial score (nSPS) is 10.4. The fourth-order valence-electron chi connectivity index (χ4n) is 1.67. The summed E-state index contributed by atoms with van der Waals surface area (Å²) in [6.45, 7) is 4.07. The Labute approximate surface area is 106 Å². The van der Waals surface area contributed by atoms with Crippen molar-refractivity contribution in [2.24, 2.45) is 0 Å². The maximum atomic E-state index is 9.23. The van der Waals surface area contributed by atoms with Gasteiger partial charge in [0.05, 0.1) is 12.3 Å². The third-order valence-corrected chi connectivity index (χ3v) is 2.54. The minimum absolute atomic E-state index is 0.127. The predicted molar refractivity (Wildman–Crippen MR) is 68.2 cm³/mol. The van der Waals surface area contributed by atoms with Crippen molar-refractivity contribution in [1.82, 2.24) is 9.97 Å². The zero-order valence-electron chi connectivity index (χ0n) is 10.6. The Kier molecular flexibility index (Phi) is 3.89. The lowest BCUT2D eigenvalue weighted by molar-refractivity contribution is 0.251. The van der Waals surface area contributed by atoms with E-state index in [1.54, 1.807) is 0 Å². The number of hydrogen-bond donors (Lipinski definition) is 1. The molecule has 0 saturated carbocycles. The highest BCUT2D eigenvalue weighted by Gasteiger charge is 2.05. The SMILES string of the molecule is Cc1cccc(COc2ccc(C)nc2CO)n1. The van der Waals surface area contributed by atoms with Gasteiger partial charge in [-0.2, -0.15) is 0 Å². The quantitative estimate of drug-likeness (QED) is 0.895. The van der Waals surface area contributed by atoms with Gasteiger partial charge in [-0.15, -0.1) is 0 Å². The van der Waals surface area contributed by atoms with Gasteiger partial charge in [0.1, 0.15) is 18.1 Å². The van der Waals surface area contributed by atoms with Gasteiger partial charge >= 0.3 is 0 Å². The van der Waals surface area contributed by atoms with Crippen LogP contribution in [0.5, 0.6) is 5.75 Å². The van der Waals surface area contributed by atoms with Crippen LogP contribution in [0.3, 0.4) is 0 Å². The first-order chi connectivity index (χ1) is 8.69. The average Bonchev–Trinajstić information content (AvgIpc) is 2.37. The van der Waals surface area contributed by atoms with E-state index in [0.29, 0.717) is 18.1 Å². The van der Waals surface area contributed by atoms with Gasteiger partial charge in [0.15, 0.2) is 0 Å². The lowest BCUT2D eigenvalue weighted by Gasteiger charge is -2.10. The van der Waals surface area contributed by atoms with Crippen LogP contribution in [0.1, 0.15) is 22.8 Å². The highest BCUT2D eigenvalue weighted by molar-refractivity contribution is 5.29. The fraction of sp³-hybridized carbons (Fsp3) is 0.286. The first kappa shape index (κ1) is 12.5. The Morgan fingerprint density at radius 3 is 2.56 bits per heavy atom. The molecule has 2 rings (SSSR count). The van der Waals surface area contributed by atoms with Gasteiger partial charge in [0.2, 0.25) is 0 Å². The molecule has 0 atom stereocenters. The summed E-state index contributed by atoms with van der Waals surface area (Å²) in [5, 5.41) is 9.23. The highest BCUT2D eigenvalue weighted by atomic mass is 16.5. The number of hydrogen-bond acceptors (Lipinski definition) is 4. The van der Waals surface area contributed by atoms with Crippen LogP contribution >= 0.6 is 0 Å². The molecule has 0 fully saturated rings. The van der Waals surface area contributed by atoms with Crippen molar-refractivity contribution in [3.8, 4) is 5.75 Å². The molecule has 2 aromatic heterocycles. The number of rotatable bonds is 4. The van der Waals surface area contributed by atoms with Crippen LogP contribution in [-0.4, -0.2) is 15.1 Å². The summed E-state index contributed by atoms with van der Waals surface area (Å²) in [4.78, 5) is 8.58. The number of ether oxygens (including phenoxy) is 1. The number of aromatic nitrogens is 2. The van der Waals surface area contributed by atoms with Crippen molar-refractivity contribution < 1.29 is 9.84 Å². The summed E-state index contributed by atoms with van der Waals surface area (Å²) in [5.41, 5.74) is 3.24. The van der Waals surface area contributed by atoms with E-state index in [2.05, 4.69) is 9.97 Å². The smallest absolute Gasteiger partial charge is 0.143 e. The maximum Gasteiger partial charge on any atom is 0.143 e. The number of pyridine rings is 2. The molecule has 0 spiro atoms. The van der Waals surface area contributed by atoms with E-state index < -0.39 is 0 Å². The summed E-state index contributed by atoms with van der Waals surface area (Å²) in [6, 6.07) is 9.48. The van der Waals surface area contributed by atoms with Gasteiger partial charge in [-0.1, -0.05) is 6.07 Å². The Bertz CT molecular complexity index is 541. The third-order valence-electron chi connectivity index (χ3n) is 2.54. The molecule has 2 aromatic rings. The van der Waals surface area contributed by atoms with Gasteiger partial charge < -0.3 is 9.84 Å². The summed E-state index contributed by atoms with van der Waals surface area (Å²) in [6.07, 6.45) is 0. The molecule has 4 heteroatoms. The molecule has 0 aliphatic heterocycles. The van der Waals surface area contributed by atoms with Crippen molar-refractivity contribution in [1.29, 1.82) is 0 Å². The maximum absolute atomic E-state index is 9.23. The molecule has 1 N–H and O–H groups in total. The molecule has 0 saturated heterocycles. The molecule has 0 bridgehead atoms. The number of aliphatic hydroxyl groups is 1. The van der Waals surface area contributed by atoms with E-state index in [9.17, 15) is 5.11 Å². The van der Waals surface area contributed by atoms with Crippen LogP contribution in [-0.2, 0) is 13.2 Å². The lowest BCUT2D eigenvalue weighted by atomic mass is 10.3. The van der Waals surface area contributed by atoms with E-state index in [1.807, 2.05) is 44.2 Å². The summed E-state index contributed by atoms with van der Waals surface area (Å²) in [7, 11) is 0. The van der Waals surface area contributed by atoms with Crippen LogP contribution in [0, 0.1) is 13.8 Å². The van der Waals surface area contributed by atoms with Crippen molar-refractivity contribution in [2.75, 3.05) is 0 Å². The van der Waals surface area contributed by atoms with Crippen LogP contribution in [0.4, 0.5) is 0 Å². The summed E-state index contributed by atoms with van der Waals surface area (Å²) in [5.74, 6) is 0.603. The first-order valence-electron chi connectivity index (χ1n) is 5.82. The molecule has 0 aliphatic carbocycles. The van der Waals surface area contributed by atoms with Crippen molar-refractivity contribution in [3.05, 3.63) is 53.1 Å². The van der Waals surface area contributed by atoms with Crippen LogP contribution in [0.25, 0.3) is 0 Å². The number of aryl methyl sites for hydroxylation is 2. The molecule has 4 nitrogen and oxygen atoms in total. The Balaban J connectivity index is 2.10. The Morgan fingerprint density at radius 2 is 1.83 bits per heavy atom. The van der Waals surface area contributed by atoms with Crippen molar-refractivity contribution >= 4 is 0 Å². The first-order valence-corrected chi connectivity index (χ1v) is 5.82. The average molecular weight is 244 g/mol. The second kappa shape index (κ2) is 5.60. The van der Waals surface area contributed by atoms with Gasteiger partial charge in [-0.05, 0) is 38.1 Å². The zero-order valence-corrected chi connectivity index (χ0v) is 10.6. The minimum atomic E-state index is -0.127. The van der Waals surface area contributed by atoms with Gasteiger partial charge in [0.25, 0.3) is 0 Å². The molecule has 0 unspecified atom stereocenters. The minimum Gasteiger partial charge on any atom is -0.485 e. The van der Waals surface area contributed by atoms with E-state index in [-0.39, 0.29) is 6.61 Å².